The van der Waals surface area contributed by atoms with Gasteiger partial charge in [-0.15, -0.1) is 0 Å². The first kappa shape index (κ1) is 19.4. The smallest absolute Gasteiger partial charge is 0.191 e. The maximum Gasteiger partial charge on any atom is 0.191 e. The van der Waals surface area contributed by atoms with Crippen LogP contribution in [0.4, 0.5) is 5.69 Å². The van der Waals surface area contributed by atoms with E-state index in [-0.39, 0.29) is 0 Å². The summed E-state index contributed by atoms with van der Waals surface area (Å²) in [5.41, 5.74) is 5.69. The van der Waals surface area contributed by atoms with Crippen LogP contribution in [0.2, 0.25) is 0 Å². The molecule has 3 aromatic rings. The number of ether oxygens (including phenoxy) is 2. The Morgan fingerprint density at radius 3 is 2.50 bits per heavy atom. The summed E-state index contributed by atoms with van der Waals surface area (Å²) < 4.78 is 11.0. The molecule has 0 unspecified atom stereocenters. The van der Waals surface area contributed by atoms with Crippen molar-refractivity contribution < 1.29 is 9.47 Å². The summed E-state index contributed by atoms with van der Waals surface area (Å²) >= 11 is 5.24. The Labute approximate surface area is 170 Å². The number of anilines is 1. The molecule has 5 nitrogen and oxygen atoms in total. The lowest BCUT2D eigenvalue weighted by atomic mass is 10.2. The van der Waals surface area contributed by atoms with Gasteiger partial charge in [-0.05, 0) is 59.7 Å². The number of hydrogen-bond acceptors (Lipinski definition) is 4. The molecular formula is C22H21N3O2S. The Bertz CT molecular complexity index is 928. The highest BCUT2D eigenvalue weighted by molar-refractivity contribution is 7.80. The molecule has 0 aliphatic heterocycles. The van der Waals surface area contributed by atoms with Gasteiger partial charge in [-0.25, -0.2) is 0 Å². The van der Waals surface area contributed by atoms with Crippen molar-refractivity contribution in [3.05, 3.63) is 90.0 Å². The lowest BCUT2D eigenvalue weighted by molar-refractivity contribution is 0.306. The summed E-state index contributed by atoms with van der Waals surface area (Å²) in [6, 6.07) is 25.2. The molecule has 0 spiro atoms. The van der Waals surface area contributed by atoms with Gasteiger partial charge < -0.3 is 14.8 Å². The van der Waals surface area contributed by atoms with Crippen molar-refractivity contribution in [2.45, 2.75) is 6.61 Å². The van der Waals surface area contributed by atoms with E-state index >= 15 is 0 Å². The predicted molar refractivity (Wildman–Crippen MR) is 117 cm³/mol. The average molecular weight is 391 g/mol. The standard InChI is InChI=1S/C22H21N3O2S/c1-26-20-12-10-19(11-13-20)24-22(28)25-23-15-18-8-5-9-21(14-18)27-16-17-6-3-2-4-7-17/h2-15H,16H2,1H3,(H2,24,25,28)/b23-15-. The molecule has 0 amide bonds. The maximum absolute atomic E-state index is 5.83. The van der Waals surface area contributed by atoms with Crippen LogP contribution in [0.25, 0.3) is 0 Å². The summed E-state index contributed by atoms with van der Waals surface area (Å²) in [7, 11) is 1.63. The molecule has 0 aliphatic carbocycles. The lowest BCUT2D eigenvalue weighted by Gasteiger charge is -2.08. The van der Waals surface area contributed by atoms with E-state index in [2.05, 4.69) is 15.8 Å². The first-order chi connectivity index (χ1) is 13.7. The van der Waals surface area contributed by atoms with E-state index in [9.17, 15) is 0 Å². The Morgan fingerprint density at radius 1 is 0.964 bits per heavy atom. The second-order valence-corrected chi connectivity index (χ2v) is 6.31. The predicted octanol–water partition coefficient (Wildman–Crippen LogP) is 4.59. The fourth-order valence-corrected chi connectivity index (χ4v) is 2.59. The molecule has 0 aromatic heterocycles. The second kappa shape index (κ2) is 10.1. The average Bonchev–Trinajstić information content (AvgIpc) is 2.74. The highest BCUT2D eigenvalue weighted by atomic mass is 32.1. The largest absolute Gasteiger partial charge is 0.497 e. The fourth-order valence-electron chi connectivity index (χ4n) is 2.42. The maximum atomic E-state index is 5.83. The van der Waals surface area contributed by atoms with Gasteiger partial charge in [0, 0.05) is 5.69 Å². The monoisotopic (exact) mass is 391 g/mol. The lowest BCUT2D eigenvalue weighted by Crippen LogP contribution is -2.23. The molecular weight excluding hydrogens is 370 g/mol. The molecule has 0 atom stereocenters. The van der Waals surface area contributed by atoms with Crippen LogP contribution in [0.1, 0.15) is 11.1 Å². The first-order valence-electron chi connectivity index (χ1n) is 8.74. The van der Waals surface area contributed by atoms with Crippen LogP contribution in [0.5, 0.6) is 11.5 Å². The Kier molecular flexibility index (Phi) is 6.98. The highest BCUT2D eigenvalue weighted by Crippen LogP contribution is 2.15. The van der Waals surface area contributed by atoms with E-state index in [1.807, 2.05) is 78.9 Å². The zero-order valence-corrected chi connectivity index (χ0v) is 16.3. The normalized spacial score (nSPS) is 10.5. The van der Waals surface area contributed by atoms with Gasteiger partial charge in [-0.3, -0.25) is 5.43 Å². The van der Waals surface area contributed by atoms with Crippen molar-refractivity contribution in [3.63, 3.8) is 0 Å². The van der Waals surface area contributed by atoms with Gasteiger partial charge in [-0.1, -0.05) is 42.5 Å². The number of methoxy groups -OCH3 is 1. The third kappa shape index (κ3) is 6.10. The Balaban J connectivity index is 1.50. The van der Waals surface area contributed by atoms with Gasteiger partial charge in [-0.2, -0.15) is 5.10 Å². The summed E-state index contributed by atoms with van der Waals surface area (Å²) in [5, 5.41) is 7.63. The molecule has 6 heteroatoms. The van der Waals surface area contributed by atoms with Crippen LogP contribution in [-0.4, -0.2) is 18.4 Å². The molecule has 142 valence electrons. The van der Waals surface area contributed by atoms with Crippen LogP contribution in [0.15, 0.2) is 84.0 Å². The van der Waals surface area contributed by atoms with Gasteiger partial charge in [0.25, 0.3) is 0 Å². The number of nitrogens with one attached hydrogen (secondary N) is 2. The SMILES string of the molecule is COc1ccc(NC(=S)N/N=C\c2cccc(OCc3ccccc3)c2)cc1. The molecule has 0 fully saturated rings. The number of nitrogens with zero attached hydrogens (tertiary/aromatic N) is 1. The molecule has 3 aromatic carbocycles. The van der Waals surface area contributed by atoms with Crippen molar-refractivity contribution in [1.82, 2.24) is 5.43 Å². The van der Waals surface area contributed by atoms with Crippen LogP contribution in [0, 0.1) is 0 Å². The summed E-state index contributed by atoms with van der Waals surface area (Å²) in [4.78, 5) is 0. The van der Waals surface area contributed by atoms with E-state index in [1.165, 1.54) is 0 Å². The fraction of sp³-hybridized carbons (Fsp3) is 0.0909. The van der Waals surface area contributed by atoms with Crippen molar-refractivity contribution in [3.8, 4) is 11.5 Å². The molecule has 3 rings (SSSR count). The number of benzene rings is 3. The van der Waals surface area contributed by atoms with E-state index in [0.29, 0.717) is 11.7 Å². The number of thiocarbonyl (C=S) groups is 1. The van der Waals surface area contributed by atoms with E-state index in [4.69, 9.17) is 21.7 Å². The van der Waals surface area contributed by atoms with Crippen LogP contribution < -0.4 is 20.2 Å². The number of hydrogen-bond donors (Lipinski definition) is 2. The van der Waals surface area contributed by atoms with Gasteiger partial charge in [0.15, 0.2) is 5.11 Å². The zero-order chi connectivity index (χ0) is 19.6. The molecule has 0 aliphatic rings. The molecule has 0 heterocycles. The third-order valence-electron chi connectivity index (χ3n) is 3.83. The summed E-state index contributed by atoms with van der Waals surface area (Å²) in [5.74, 6) is 1.57. The molecule has 0 saturated heterocycles. The quantitative estimate of drug-likeness (QED) is 0.350. The molecule has 2 N–H and O–H groups in total. The highest BCUT2D eigenvalue weighted by Gasteiger charge is 1.99. The summed E-state index contributed by atoms with van der Waals surface area (Å²) in [6.07, 6.45) is 1.69. The minimum Gasteiger partial charge on any atom is -0.497 e. The van der Waals surface area contributed by atoms with E-state index in [0.717, 1.165) is 28.3 Å². The first-order valence-corrected chi connectivity index (χ1v) is 9.14. The number of rotatable bonds is 7. The van der Waals surface area contributed by atoms with Gasteiger partial charge >= 0.3 is 0 Å². The van der Waals surface area contributed by atoms with E-state index in [1.54, 1.807) is 13.3 Å². The number of hydrazone groups is 1. The molecule has 0 bridgehead atoms. The third-order valence-corrected chi connectivity index (χ3v) is 4.03. The van der Waals surface area contributed by atoms with Crippen LogP contribution >= 0.6 is 12.2 Å². The van der Waals surface area contributed by atoms with Crippen molar-refractivity contribution in [2.24, 2.45) is 5.10 Å². The molecule has 28 heavy (non-hydrogen) atoms. The van der Waals surface area contributed by atoms with Crippen LogP contribution in [0.3, 0.4) is 0 Å². The van der Waals surface area contributed by atoms with E-state index < -0.39 is 0 Å². The molecule has 0 radical (unpaired) electrons. The van der Waals surface area contributed by atoms with Crippen molar-refractivity contribution >= 4 is 29.2 Å². The van der Waals surface area contributed by atoms with Gasteiger partial charge in [0.05, 0.1) is 13.3 Å². The van der Waals surface area contributed by atoms with Gasteiger partial charge in [0.2, 0.25) is 0 Å². The topological polar surface area (TPSA) is 54.9 Å². The van der Waals surface area contributed by atoms with Crippen LogP contribution in [-0.2, 0) is 6.61 Å². The Hall–Kier alpha value is -3.38. The van der Waals surface area contributed by atoms with Gasteiger partial charge in [0.1, 0.15) is 18.1 Å². The minimum absolute atomic E-state index is 0.401. The molecule has 0 saturated carbocycles. The van der Waals surface area contributed by atoms with Crippen molar-refractivity contribution in [1.29, 1.82) is 0 Å². The second-order valence-electron chi connectivity index (χ2n) is 5.90. The Morgan fingerprint density at radius 2 is 1.75 bits per heavy atom. The minimum atomic E-state index is 0.401. The zero-order valence-electron chi connectivity index (χ0n) is 15.5. The summed E-state index contributed by atoms with van der Waals surface area (Å²) in [6.45, 7) is 0.523. The van der Waals surface area contributed by atoms with Crippen molar-refractivity contribution in [2.75, 3.05) is 12.4 Å².